The van der Waals surface area contributed by atoms with Crippen LogP contribution in [0.25, 0.3) is 0 Å². The lowest BCUT2D eigenvalue weighted by molar-refractivity contribution is 0.0672. The molecule has 0 radical (unpaired) electrons. The molecule has 120 valence electrons. The van der Waals surface area contributed by atoms with E-state index in [2.05, 4.69) is 24.2 Å². The van der Waals surface area contributed by atoms with Gasteiger partial charge in [-0.15, -0.1) is 24.0 Å². The Bertz CT molecular complexity index is 447. The minimum atomic E-state index is -1.17. The van der Waals surface area contributed by atoms with Crippen molar-refractivity contribution in [3.8, 4) is 0 Å². The summed E-state index contributed by atoms with van der Waals surface area (Å²) in [5.41, 5.74) is 5.18. The summed E-state index contributed by atoms with van der Waals surface area (Å²) in [5.74, 6) is 0.577. The molecule has 0 heterocycles. The minimum Gasteiger partial charge on any atom is -0.384 e. The van der Waals surface area contributed by atoms with Gasteiger partial charge in [-0.2, -0.15) is 0 Å². The molecule has 1 atom stereocenters. The summed E-state index contributed by atoms with van der Waals surface area (Å²) in [6, 6.07) is 5.73. The third-order valence-electron chi connectivity index (χ3n) is 3.05. The minimum absolute atomic E-state index is 0. The monoisotopic (exact) mass is 409 g/mol. The maximum absolute atomic E-state index is 12.9. The van der Waals surface area contributed by atoms with E-state index in [0.29, 0.717) is 17.4 Å². The number of halogens is 2. The Morgan fingerprint density at radius 1 is 1.38 bits per heavy atom. The zero-order chi connectivity index (χ0) is 15.2. The average Bonchev–Trinajstić information content (AvgIpc) is 2.36. The average molecular weight is 409 g/mol. The van der Waals surface area contributed by atoms with E-state index in [1.54, 1.807) is 19.1 Å². The molecule has 6 heteroatoms. The number of rotatable bonds is 6. The van der Waals surface area contributed by atoms with Crippen LogP contribution in [-0.2, 0) is 5.60 Å². The van der Waals surface area contributed by atoms with Gasteiger partial charge in [-0.05, 0) is 37.0 Å². The van der Waals surface area contributed by atoms with Crippen LogP contribution in [0.4, 0.5) is 4.39 Å². The summed E-state index contributed by atoms with van der Waals surface area (Å²) < 4.78 is 12.9. The van der Waals surface area contributed by atoms with Crippen LogP contribution in [0.2, 0.25) is 0 Å². The number of guanidine groups is 1. The van der Waals surface area contributed by atoms with Crippen LogP contribution in [-0.4, -0.2) is 24.2 Å². The van der Waals surface area contributed by atoms with Crippen LogP contribution in [0.1, 0.15) is 32.8 Å². The molecule has 0 fully saturated rings. The SMILES string of the molecule is CC(C)CCNC(N)=NCC(C)(O)c1ccc(F)cc1.I. The smallest absolute Gasteiger partial charge is 0.188 e. The van der Waals surface area contributed by atoms with E-state index < -0.39 is 5.60 Å². The van der Waals surface area contributed by atoms with Crippen molar-refractivity contribution in [1.29, 1.82) is 0 Å². The molecular formula is C15H25FIN3O. The summed E-state index contributed by atoms with van der Waals surface area (Å²) in [6.07, 6.45) is 1.00. The lowest BCUT2D eigenvalue weighted by Crippen LogP contribution is -2.35. The second-order valence-corrected chi connectivity index (χ2v) is 5.59. The largest absolute Gasteiger partial charge is 0.384 e. The number of hydrogen-bond donors (Lipinski definition) is 3. The zero-order valence-corrected chi connectivity index (χ0v) is 15.1. The predicted molar refractivity (Wildman–Crippen MR) is 95.3 cm³/mol. The molecule has 0 aromatic heterocycles. The second-order valence-electron chi connectivity index (χ2n) is 5.59. The van der Waals surface area contributed by atoms with Crippen LogP contribution >= 0.6 is 24.0 Å². The highest BCUT2D eigenvalue weighted by molar-refractivity contribution is 14.0. The fourth-order valence-electron chi connectivity index (χ4n) is 1.68. The molecule has 0 saturated heterocycles. The second kappa shape index (κ2) is 9.19. The summed E-state index contributed by atoms with van der Waals surface area (Å²) >= 11 is 0. The first-order valence-corrected chi connectivity index (χ1v) is 6.83. The number of aliphatic hydroxyl groups is 1. The Kier molecular flexibility index (Phi) is 8.80. The van der Waals surface area contributed by atoms with Crippen LogP contribution in [0, 0.1) is 11.7 Å². The van der Waals surface area contributed by atoms with E-state index in [0.717, 1.165) is 13.0 Å². The molecule has 1 aromatic carbocycles. The third-order valence-corrected chi connectivity index (χ3v) is 3.05. The van der Waals surface area contributed by atoms with Gasteiger partial charge in [0.05, 0.1) is 6.54 Å². The highest BCUT2D eigenvalue weighted by Gasteiger charge is 2.22. The number of benzene rings is 1. The van der Waals surface area contributed by atoms with Crippen molar-refractivity contribution in [1.82, 2.24) is 5.32 Å². The van der Waals surface area contributed by atoms with Crippen LogP contribution in [0.5, 0.6) is 0 Å². The van der Waals surface area contributed by atoms with Gasteiger partial charge in [0.1, 0.15) is 11.4 Å². The van der Waals surface area contributed by atoms with Crippen molar-refractivity contribution in [2.75, 3.05) is 13.1 Å². The van der Waals surface area contributed by atoms with E-state index >= 15 is 0 Å². The van der Waals surface area contributed by atoms with E-state index in [1.165, 1.54) is 12.1 Å². The lowest BCUT2D eigenvalue weighted by Gasteiger charge is -2.22. The molecule has 1 aromatic rings. The van der Waals surface area contributed by atoms with Gasteiger partial charge in [0, 0.05) is 6.54 Å². The van der Waals surface area contributed by atoms with Crippen molar-refractivity contribution in [3.05, 3.63) is 35.6 Å². The molecule has 0 aliphatic heterocycles. The van der Waals surface area contributed by atoms with Crippen molar-refractivity contribution >= 4 is 29.9 Å². The molecule has 0 aliphatic carbocycles. The van der Waals surface area contributed by atoms with Gasteiger partial charge in [0.25, 0.3) is 0 Å². The summed E-state index contributed by atoms with van der Waals surface area (Å²) in [7, 11) is 0. The van der Waals surface area contributed by atoms with E-state index in [-0.39, 0.29) is 36.3 Å². The number of nitrogens with zero attached hydrogens (tertiary/aromatic N) is 1. The molecule has 0 saturated carbocycles. The zero-order valence-electron chi connectivity index (χ0n) is 12.8. The Morgan fingerprint density at radius 3 is 2.48 bits per heavy atom. The van der Waals surface area contributed by atoms with Crippen LogP contribution < -0.4 is 11.1 Å². The van der Waals surface area contributed by atoms with Crippen LogP contribution in [0.3, 0.4) is 0 Å². The Labute approximate surface area is 143 Å². The Balaban J connectivity index is 0.00000400. The third kappa shape index (κ3) is 7.61. The summed E-state index contributed by atoms with van der Waals surface area (Å²) in [4.78, 5) is 4.13. The Hall–Kier alpha value is -0.890. The molecule has 0 spiro atoms. The van der Waals surface area contributed by atoms with Crippen molar-refractivity contribution in [3.63, 3.8) is 0 Å². The lowest BCUT2D eigenvalue weighted by atomic mass is 9.96. The van der Waals surface area contributed by atoms with Crippen LogP contribution in [0.15, 0.2) is 29.3 Å². The number of aliphatic imine (C=N–C) groups is 1. The van der Waals surface area contributed by atoms with E-state index in [4.69, 9.17) is 5.73 Å². The van der Waals surface area contributed by atoms with Gasteiger partial charge < -0.3 is 16.2 Å². The fourth-order valence-corrected chi connectivity index (χ4v) is 1.68. The van der Waals surface area contributed by atoms with Crippen molar-refractivity contribution < 1.29 is 9.50 Å². The molecule has 0 bridgehead atoms. The van der Waals surface area contributed by atoms with E-state index in [9.17, 15) is 9.50 Å². The molecule has 0 amide bonds. The molecule has 1 rings (SSSR count). The quantitative estimate of drug-likeness (QED) is 0.384. The fraction of sp³-hybridized carbons (Fsp3) is 0.533. The first-order chi connectivity index (χ1) is 9.31. The van der Waals surface area contributed by atoms with E-state index in [1.807, 2.05) is 0 Å². The highest BCUT2D eigenvalue weighted by atomic mass is 127. The van der Waals surface area contributed by atoms with Gasteiger partial charge >= 0.3 is 0 Å². The van der Waals surface area contributed by atoms with Gasteiger partial charge in [-0.3, -0.25) is 4.99 Å². The van der Waals surface area contributed by atoms with Crippen molar-refractivity contribution in [2.45, 2.75) is 32.8 Å². The first-order valence-electron chi connectivity index (χ1n) is 6.83. The predicted octanol–water partition coefficient (Wildman–Crippen LogP) is 2.60. The normalized spacial score (nSPS) is 14.5. The topological polar surface area (TPSA) is 70.6 Å². The van der Waals surface area contributed by atoms with Crippen molar-refractivity contribution in [2.24, 2.45) is 16.6 Å². The number of nitrogens with two attached hydrogens (primary N) is 1. The molecule has 0 aliphatic rings. The molecule has 4 nitrogen and oxygen atoms in total. The number of nitrogens with one attached hydrogen (secondary N) is 1. The van der Waals surface area contributed by atoms with Gasteiger partial charge in [-0.1, -0.05) is 26.0 Å². The summed E-state index contributed by atoms with van der Waals surface area (Å²) in [6.45, 7) is 6.78. The first kappa shape index (κ1) is 20.1. The standard InChI is InChI=1S/C15H24FN3O.HI/c1-11(2)8-9-18-14(17)19-10-15(3,20)12-4-6-13(16)7-5-12;/h4-7,11,20H,8-10H2,1-3H3,(H3,17,18,19);1H. The number of hydrogen-bond acceptors (Lipinski definition) is 2. The van der Waals surface area contributed by atoms with Gasteiger partial charge in [-0.25, -0.2) is 4.39 Å². The maximum Gasteiger partial charge on any atom is 0.188 e. The molecular weight excluding hydrogens is 384 g/mol. The molecule has 4 N–H and O–H groups in total. The van der Waals surface area contributed by atoms with Gasteiger partial charge in [0.15, 0.2) is 5.96 Å². The molecule has 21 heavy (non-hydrogen) atoms. The highest BCUT2D eigenvalue weighted by Crippen LogP contribution is 2.21. The Morgan fingerprint density at radius 2 is 1.95 bits per heavy atom. The summed E-state index contributed by atoms with van der Waals surface area (Å²) in [5, 5.41) is 13.3. The maximum atomic E-state index is 12.9. The molecule has 1 unspecified atom stereocenters. The van der Waals surface area contributed by atoms with Gasteiger partial charge in [0.2, 0.25) is 0 Å².